The number of nitrogens with zero attached hydrogens (tertiary/aromatic N) is 1. The molecular weight excluding hydrogens is 200 g/mol. The lowest BCUT2D eigenvalue weighted by atomic mass is 10.1. The summed E-state index contributed by atoms with van der Waals surface area (Å²) in [6.07, 6.45) is 4.89. The summed E-state index contributed by atoms with van der Waals surface area (Å²) in [5.41, 5.74) is 0. The van der Waals surface area contributed by atoms with Crippen LogP contribution in [0, 0.1) is 5.92 Å². The van der Waals surface area contributed by atoms with E-state index in [1.54, 1.807) is 0 Å². The first kappa shape index (κ1) is 13.9. The van der Waals surface area contributed by atoms with Gasteiger partial charge in [0.15, 0.2) is 0 Å². The molecule has 3 nitrogen and oxygen atoms in total. The van der Waals surface area contributed by atoms with Crippen LogP contribution in [0.1, 0.15) is 39.5 Å². The van der Waals surface area contributed by atoms with Gasteiger partial charge in [-0.2, -0.15) is 0 Å². The third-order valence-electron chi connectivity index (χ3n) is 3.18. The largest absolute Gasteiger partial charge is 0.390 e. The molecule has 1 saturated heterocycles. The predicted octanol–water partition coefficient (Wildman–Crippen LogP) is 1.47. The summed E-state index contributed by atoms with van der Waals surface area (Å²) in [6, 6.07) is 0. The Morgan fingerprint density at radius 1 is 1.25 bits per heavy atom. The van der Waals surface area contributed by atoms with Crippen LogP contribution in [-0.2, 0) is 0 Å². The molecule has 2 N–H and O–H groups in total. The lowest BCUT2D eigenvalue weighted by molar-refractivity contribution is 0.123. The van der Waals surface area contributed by atoms with Crippen molar-refractivity contribution in [2.75, 3.05) is 32.7 Å². The van der Waals surface area contributed by atoms with E-state index in [9.17, 15) is 5.11 Å². The maximum Gasteiger partial charge on any atom is 0.0791 e. The van der Waals surface area contributed by atoms with Gasteiger partial charge in [0.25, 0.3) is 0 Å². The number of β-amino-alcohol motifs (C(OH)–C–C–N with tert-alkyl or cyclic N) is 1. The number of aliphatic hydroxyl groups excluding tert-OH is 1. The minimum Gasteiger partial charge on any atom is -0.390 e. The monoisotopic (exact) mass is 228 g/mol. The summed E-state index contributed by atoms with van der Waals surface area (Å²) < 4.78 is 0. The second-order valence-electron chi connectivity index (χ2n) is 5.40. The Morgan fingerprint density at radius 2 is 1.94 bits per heavy atom. The van der Waals surface area contributed by atoms with Gasteiger partial charge in [-0.05, 0) is 51.2 Å². The Kier molecular flexibility index (Phi) is 7.01. The van der Waals surface area contributed by atoms with E-state index in [0.717, 1.165) is 25.6 Å². The minimum atomic E-state index is -0.197. The first-order valence-corrected chi connectivity index (χ1v) is 6.79. The second kappa shape index (κ2) is 8.04. The van der Waals surface area contributed by atoms with Crippen LogP contribution in [0.4, 0.5) is 0 Å². The van der Waals surface area contributed by atoms with Crippen molar-refractivity contribution in [2.24, 2.45) is 5.92 Å². The van der Waals surface area contributed by atoms with Crippen LogP contribution in [0.2, 0.25) is 0 Å². The van der Waals surface area contributed by atoms with Crippen LogP contribution in [0.25, 0.3) is 0 Å². The van der Waals surface area contributed by atoms with Crippen molar-refractivity contribution in [1.29, 1.82) is 0 Å². The van der Waals surface area contributed by atoms with Gasteiger partial charge in [0.2, 0.25) is 0 Å². The Labute approximate surface area is 100 Å². The van der Waals surface area contributed by atoms with Crippen LogP contribution in [0.15, 0.2) is 0 Å². The van der Waals surface area contributed by atoms with Crippen LogP contribution in [0.3, 0.4) is 0 Å². The molecule has 1 unspecified atom stereocenters. The summed E-state index contributed by atoms with van der Waals surface area (Å²) in [7, 11) is 0. The van der Waals surface area contributed by atoms with Gasteiger partial charge in [-0.1, -0.05) is 13.8 Å². The average Bonchev–Trinajstić information content (AvgIpc) is 2.69. The number of rotatable bonds is 8. The third-order valence-corrected chi connectivity index (χ3v) is 3.18. The smallest absolute Gasteiger partial charge is 0.0791 e. The van der Waals surface area contributed by atoms with Gasteiger partial charge in [0.1, 0.15) is 0 Å². The quantitative estimate of drug-likeness (QED) is 0.618. The predicted molar refractivity (Wildman–Crippen MR) is 68.6 cm³/mol. The van der Waals surface area contributed by atoms with Gasteiger partial charge in [0, 0.05) is 13.1 Å². The van der Waals surface area contributed by atoms with E-state index in [1.807, 2.05) is 0 Å². The maximum atomic E-state index is 9.81. The lowest BCUT2D eigenvalue weighted by Crippen LogP contribution is -2.37. The van der Waals surface area contributed by atoms with E-state index in [4.69, 9.17) is 0 Å². The molecule has 1 aliphatic rings. The van der Waals surface area contributed by atoms with Crippen LogP contribution in [0.5, 0.6) is 0 Å². The molecule has 1 fully saturated rings. The number of aliphatic hydroxyl groups is 1. The summed E-state index contributed by atoms with van der Waals surface area (Å²) in [5, 5.41) is 13.2. The molecule has 0 aromatic rings. The summed E-state index contributed by atoms with van der Waals surface area (Å²) in [4.78, 5) is 2.36. The SMILES string of the molecule is CC(C)CCCNCC(O)CN1CCCC1. The van der Waals surface area contributed by atoms with Crippen molar-refractivity contribution >= 4 is 0 Å². The lowest BCUT2D eigenvalue weighted by Gasteiger charge is -2.19. The molecule has 96 valence electrons. The van der Waals surface area contributed by atoms with E-state index in [2.05, 4.69) is 24.1 Å². The molecule has 0 aromatic carbocycles. The zero-order chi connectivity index (χ0) is 11.8. The molecular formula is C13H28N2O. The molecule has 0 spiro atoms. The second-order valence-corrected chi connectivity index (χ2v) is 5.40. The highest BCUT2D eigenvalue weighted by molar-refractivity contribution is 4.71. The zero-order valence-electron chi connectivity index (χ0n) is 10.9. The first-order valence-electron chi connectivity index (χ1n) is 6.79. The van der Waals surface area contributed by atoms with E-state index in [-0.39, 0.29) is 6.10 Å². The highest BCUT2D eigenvalue weighted by atomic mass is 16.3. The highest BCUT2D eigenvalue weighted by Gasteiger charge is 2.14. The molecule has 1 atom stereocenters. The molecule has 0 amide bonds. The number of hydrogen-bond donors (Lipinski definition) is 2. The molecule has 1 aliphatic heterocycles. The van der Waals surface area contributed by atoms with Crippen molar-refractivity contribution in [3.63, 3.8) is 0 Å². The Bertz CT molecular complexity index is 167. The number of hydrogen-bond acceptors (Lipinski definition) is 3. The molecule has 0 radical (unpaired) electrons. The van der Waals surface area contributed by atoms with E-state index >= 15 is 0 Å². The van der Waals surface area contributed by atoms with Gasteiger partial charge in [-0.3, -0.25) is 0 Å². The molecule has 1 rings (SSSR count). The highest BCUT2D eigenvalue weighted by Crippen LogP contribution is 2.07. The topological polar surface area (TPSA) is 35.5 Å². The molecule has 0 bridgehead atoms. The maximum absolute atomic E-state index is 9.81. The van der Waals surface area contributed by atoms with Crippen molar-refractivity contribution < 1.29 is 5.11 Å². The first-order chi connectivity index (χ1) is 7.68. The molecule has 0 aromatic heterocycles. The molecule has 0 saturated carbocycles. The fourth-order valence-corrected chi connectivity index (χ4v) is 2.23. The minimum absolute atomic E-state index is 0.197. The van der Waals surface area contributed by atoms with Crippen LogP contribution >= 0.6 is 0 Å². The Hall–Kier alpha value is -0.120. The standard InChI is InChI=1S/C13H28N2O/c1-12(2)6-5-7-14-10-13(16)11-15-8-3-4-9-15/h12-14,16H,3-11H2,1-2H3. The van der Waals surface area contributed by atoms with Crippen molar-refractivity contribution in [2.45, 2.75) is 45.6 Å². The fourth-order valence-electron chi connectivity index (χ4n) is 2.23. The fraction of sp³-hybridized carbons (Fsp3) is 1.00. The molecule has 0 aliphatic carbocycles. The van der Waals surface area contributed by atoms with E-state index < -0.39 is 0 Å². The van der Waals surface area contributed by atoms with E-state index in [0.29, 0.717) is 0 Å². The van der Waals surface area contributed by atoms with Gasteiger partial charge in [-0.15, -0.1) is 0 Å². The Morgan fingerprint density at radius 3 is 2.56 bits per heavy atom. The molecule has 16 heavy (non-hydrogen) atoms. The summed E-state index contributed by atoms with van der Waals surface area (Å²) >= 11 is 0. The molecule has 1 heterocycles. The summed E-state index contributed by atoms with van der Waals surface area (Å²) in [5.74, 6) is 0.788. The number of nitrogens with one attached hydrogen (secondary N) is 1. The number of likely N-dealkylation sites (tertiary alicyclic amines) is 1. The van der Waals surface area contributed by atoms with Crippen LogP contribution < -0.4 is 5.32 Å². The van der Waals surface area contributed by atoms with Crippen molar-refractivity contribution in [1.82, 2.24) is 10.2 Å². The zero-order valence-corrected chi connectivity index (χ0v) is 10.9. The molecule has 3 heteroatoms. The average molecular weight is 228 g/mol. The third kappa shape index (κ3) is 6.46. The van der Waals surface area contributed by atoms with Gasteiger partial charge in [-0.25, -0.2) is 0 Å². The van der Waals surface area contributed by atoms with E-state index in [1.165, 1.54) is 38.8 Å². The summed E-state index contributed by atoms with van der Waals surface area (Å²) in [6.45, 7) is 9.47. The van der Waals surface area contributed by atoms with Gasteiger partial charge >= 0.3 is 0 Å². The van der Waals surface area contributed by atoms with Gasteiger partial charge < -0.3 is 15.3 Å². The van der Waals surface area contributed by atoms with Crippen molar-refractivity contribution in [3.05, 3.63) is 0 Å². The van der Waals surface area contributed by atoms with Crippen molar-refractivity contribution in [3.8, 4) is 0 Å². The van der Waals surface area contributed by atoms with Gasteiger partial charge in [0.05, 0.1) is 6.10 Å². The Balaban J connectivity index is 1.91. The van der Waals surface area contributed by atoms with Crippen LogP contribution in [-0.4, -0.2) is 48.8 Å². The normalized spacial score (nSPS) is 19.5.